The summed E-state index contributed by atoms with van der Waals surface area (Å²) in [6.45, 7) is 6.25. The lowest BCUT2D eigenvalue weighted by Gasteiger charge is -2.26. The number of amides is 1. The van der Waals surface area contributed by atoms with E-state index >= 15 is 0 Å². The zero-order chi connectivity index (χ0) is 16.4. The molecule has 1 saturated heterocycles. The summed E-state index contributed by atoms with van der Waals surface area (Å²) in [5.74, 6) is 0.191. The number of aromatic amines is 1. The fourth-order valence-corrected chi connectivity index (χ4v) is 3.96. The standard InChI is InChI=1S/C19H27N3O/c1-3-4-5-13-6-7-15-18(16(19(20)23)12(2)22-15)17(13)14-8-10-21-11-9-14/h6-7,14,21-22H,3-5,8-11H2,1-2H3,(H2,20,23). The number of nitrogens with two attached hydrogens (primary N) is 1. The average Bonchev–Trinajstić information content (AvgIpc) is 2.89. The summed E-state index contributed by atoms with van der Waals surface area (Å²) in [6, 6.07) is 4.36. The predicted molar refractivity (Wildman–Crippen MR) is 95.0 cm³/mol. The molecule has 0 unspecified atom stereocenters. The van der Waals surface area contributed by atoms with Crippen molar-refractivity contribution in [3.8, 4) is 0 Å². The smallest absolute Gasteiger partial charge is 0.251 e. The molecule has 0 atom stereocenters. The normalized spacial score (nSPS) is 16.1. The van der Waals surface area contributed by atoms with Crippen LogP contribution in [0.25, 0.3) is 10.9 Å². The van der Waals surface area contributed by atoms with E-state index in [0.717, 1.165) is 48.9 Å². The van der Waals surface area contributed by atoms with E-state index in [0.29, 0.717) is 11.5 Å². The molecule has 2 aromatic rings. The summed E-state index contributed by atoms with van der Waals surface area (Å²) in [5.41, 5.74) is 11.1. The van der Waals surface area contributed by atoms with Gasteiger partial charge in [-0.25, -0.2) is 0 Å². The Balaban J connectivity index is 2.21. The molecule has 0 aliphatic carbocycles. The Morgan fingerprint density at radius 3 is 2.70 bits per heavy atom. The highest BCUT2D eigenvalue weighted by Gasteiger charge is 2.25. The molecule has 0 saturated carbocycles. The van der Waals surface area contributed by atoms with E-state index in [9.17, 15) is 4.79 Å². The van der Waals surface area contributed by atoms with Crippen LogP contribution in [0.15, 0.2) is 12.1 Å². The molecular formula is C19H27N3O. The van der Waals surface area contributed by atoms with Crippen LogP contribution in [0.5, 0.6) is 0 Å². The lowest BCUT2D eigenvalue weighted by molar-refractivity contribution is 0.100. The lowest BCUT2D eigenvalue weighted by atomic mass is 9.82. The first kappa shape index (κ1) is 16.1. The molecular weight excluding hydrogens is 286 g/mol. The van der Waals surface area contributed by atoms with Crippen LogP contribution in [0.2, 0.25) is 0 Å². The summed E-state index contributed by atoms with van der Waals surface area (Å²) < 4.78 is 0. The van der Waals surface area contributed by atoms with Crippen LogP contribution in [-0.2, 0) is 6.42 Å². The number of benzene rings is 1. The largest absolute Gasteiger partial charge is 0.366 e. The third-order valence-electron chi connectivity index (χ3n) is 5.08. The van der Waals surface area contributed by atoms with Crippen molar-refractivity contribution in [2.45, 2.75) is 51.9 Å². The van der Waals surface area contributed by atoms with Crippen LogP contribution >= 0.6 is 0 Å². The van der Waals surface area contributed by atoms with Crippen molar-refractivity contribution in [3.05, 3.63) is 34.5 Å². The molecule has 1 amide bonds. The number of unbranched alkanes of at least 4 members (excludes halogenated alkanes) is 1. The molecule has 4 heteroatoms. The first-order valence-corrected chi connectivity index (χ1v) is 8.78. The number of fused-ring (bicyclic) bond motifs is 1. The number of nitrogens with one attached hydrogen (secondary N) is 2. The number of hydrogen-bond donors (Lipinski definition) is 3. The summed E-state index contributed by atoms with van der Waals surface area (Å²) in [7, 11) is 0. The quantitative estimate of drug-likeness (QED) is 0.792. The SMILES string of the molecule is CCCCc1ccc2[nH]c(C)c(C(N)=O)c2c1C1CCNCC1. The van der Waals surface area contributed by atoms with Gasteiger partial charge in [0, 0.05) is 16.6 Å². The van der Waals surface area contributed by atoms with Crippen LogP contribution in [0.3, 0.4) is 0 Å². The maximum atomic E-state index is 12.0. The molecule has 0 spiro atoms. The second kappa shape index (κ2) is 6.75. The summed E-state index contributed by atoms with van der Waals surface area (Å²) in [5, 5.41) is 4.52. The number of H-pyrrole nitrogens is 1. The van der Waals surface area contributed by atoms with E-state index in [4.69, 9.17) is 5.73 Å². The predicted octanol–water partition coefficient (Wildman–Crippen LogP) is 3.38. The van der Waals surface area contributed by atoms with Crippen molar-refractivity contribution in [2.24, 2.45) is 5.73 Å². The maximum absolute atomic E-state index is 12.0. The third-order valence-corrected chi connectivity index (χ3v) is 5.08. The highest BCUT2D eigenvalue weighted by Crippen LogP contribution is 2.37. The van der Waals surface area contributed by atoms with Gasteiger partial charge in [-0.3, -0.25) is 4.79 Å². The van der Waals surface area contributed by atoms with Crippen molar-refractivity contribution in [2.75, 3.05) is 13.1 Å². The van der Waals surface area contributed by atoms with Crippen molar-refractivity contribution in [1.29, 1.82) is 0 Å². The molecule has 1 aromatic carbocycles. The molecule has 0 bridgehead atoms. The Kier molecular flexibility index (Phi) is 4.71. The molecule has 0 radical (unpaired) electrons. The first-order chi connectivity index (χ1) is 11.1. The fraction of sp³-hybridized carbons (Fsp3) is 0.526. The van der Waals surface area contributed by atoms with Gasteiger partial charge in [0.05, 0.1) is 5.56 Å². The van der Waals surface area contributed by atoms with Crippen LogP contribution in [0.1, 0.15) is 65.7 Å². The lowest BCUT2D eigenvalue weighted by Crippen LogP contribution is -2.27. The second-order valence-corrected chi connectivity index (χ2v) is 6.68. The minimum Gasteiger partial charge on any atom is -0.366 e. The van der Waals surface area contributed by atoms with E-state index in [1.165, 1.54) is 24.0 Å². The Labute approximate surface area is 137 Å². The summed E-state index contributed by atoms with van der Waals surface area (Å²) in [6.07, 6.45) is 5.69. The van der Waals surface area contributed by atoms with Crippen LogP contribution in [0, 0.1) is 6.92 Å². The van der Waals surface area contributed by atoms with E-state index < -0.39 is 0 Å². The number of hydrogen-bond acceptors (Lipinski definition) is 2. The van der Waals surface area contributed by atoms with Gasteiger partial charge in [-0.1, -0.05) is 19.4 Å². The molecule has 4 nitrogen and oxygen atoms in total. The Bertz CT molecular complexity index is 711. The van der Waals surface area contributed by atoms with Gasteiger partial charge in [-0.05, 0) is 68.8 Å². The van der Waals surface area contributed by atoms with Gasteiger partial charge < -0.3 is 16.0 Å². The van der Waals surface area contributed by atoms with E-state index in [-0.39, 0.29) is 5.91 Å². The molecule has 2 heterocycles. The number of carbonyl (C=O) groups excluding carboxylic acids is 1. The minimum atomic E-state index is -0.323. The molecule has 1 fully saturated rings. The highest BCUT2D eigenvalue weighted by molar-refractivity contribution is 6.09. The zero-order valence-corrected chi connectivity index (χ0v) is 14.2. The Morgan fingerprint density at radius 2 is 2.04 bits per heavy atom. The van der Waals surface area contributed by atoms with Gasteiger partial charge in [0.2, 0.25) is 0 Å². The van der Waals surface area contributed by atoms with E-state index in [1.807, 2.05) is 6.92 Å². The van der Waals surface area contributed by atoms with Gasteiger partial charge in [0.25, 0.3) is 5.91 Å². The first-order valence-electron chi connectivity index (χ1n) is 8.78. The van der Waals surface area contributed by atoms with Crippen LogP contribution < -0.4 is 11.1 Å². The second-order valence-electron chi connectivity index (χ2n) is 6.68. The highest BCUT2D eigenvalue weighted by atomic mass is 16.1. The van der Waals surface area contributed by atoms with E-state index in [1.54, 1.807) is 0 Å². The topological polar surface area (TPSA) is 70.9 Å². The Morgan fingerprint density at radius 1 is 1.30 bits per heavy atom. The molecule has 23 heavy (non-hydrogen) atoms. The zero-order valence-electron chi connectivity index (χ0n) is 14.2. The number of carbonyl (C=O) groups is 1. The summed E-state index contributed by atoms with van der Waals surface area (Å²) >= 11 is 0. The Hall–Kier alpha value is -1.81. The fourth-order valence-electron chi connectivity index (χ4n) is 3.96. The monoisotopic (exact) mass is 313 g/mol. The molecule has 4 N–H and O–H groups in total. The maximum Gasteiger partial charge on any atom is 0.251 e. The van der Waals surface area contributed by atoms with Crippen molar-refractivity contribution < 1.29 is 4.79 Å². The van der Waals surface area contributed by atoms with Crippen LogP contribution in [0.4, 0.5) is 0 Å². The molecule has 1 aromatic heterocycles. The average molecular weight is 313 g/mol. The van der Waals surface area contributed by atoms with Gasteiger partial charge in [-0.2, -0.15) is 0 Å². The molecule has 3 rings (SSSR count). The minimum absolute atomic E-state index is 0.323. The van der Waals surface area contributed by atoms with Gasteiger partial charge >= 0.3 is 0 Å². The summed E-state index contributed by atoms with van der Waals surface area (Å²) in [4.78, 5) is 15.4. The van der Waals surface area contributed by atoms with E-state index in [2.05, 4.69) is 29.4 Å². The van der Waals surface area contributed by atoms with Crippen molar-refractivity contribution >= 4 is 16.8 Å². The number of rotatable bonds is 5. The molecule has 1 aliphatic heterocycles. The van der Waals surface area contributed by atoms with Crippen molar-refractivity contribution in [3.63, 3.8) is 0 Å². The number of piperidine rings is 1. The van der Waals surface area contributed by atoms with Gasteiger partial charge in [-0.15, -0.1) is 0 Å². The van der Waals surface area contributed by atoms with Crippen molar-refractivity contribution in [1.82, 2.24) is 10.3 Å². The van der Waals surface area contributed by atoms with Crippen LogP contribution in [-0.4, -0.2) is 24.0 Å². The number of aryl methyl sites for hydroxylation is 2. The number of aromatic nitrogens is 1. The molecule has 1 aliphatic rings. The van der Waals surface area contributed by atoms with Gasteiger partial charge in [0.15, 0.2) is 0 Å². The third kappa shape index (κ3) is 3.00. The van der Waals surface area contributed by atoms with Gasteiger partial charge in [0.1, 0.15) is 0 Å². The number of primary amides is 1. The molecule has 124 valence electrons.